The minimum absolute atomic E-state index is 0.241. The van der Waals surface area contributed by atoms with Crippen LogP contribution in [0.1, 0.15) is 58.3 Å². The molecule has 0 aromatic rings. The van der Waals surface area contributed by atoms with Gasteiger partial charge < -0.3 is 15.3 Å². The summed E-state index contributed by atoms with van der Waals surface area (Å²) in [4.78, 5) is 11.7. The lowest BCUT2D eigenvalue weighted by Crippen LogP contribution is -2.45. The molecule has 0 aliphatic carbocycles. The number of aliphatic hydroxyl groups excluding tert-OH is 2. The predicted molar refractivity (Wildman–Crippen MR) is 75.4 cm³/mol. The monoisotopic (exact) mass is 278 g/mol. The van der Waals surface area contributed by atoms with Gasteiger partial charge in [0.1, 0.15) is 6.10 Å². The lowest BCUT2D eigenvalue weighted by molar-refractivity contribution is -0.139. The van der Waals surface area contributed by atoms with E-state index in [1.165, 1.54) is 25.7 Å². The SMILES string of the molecule is CCCCCCCCCC(=O)C(O)(P)C(O)CO. The molecule has 0 spiro atoms. The van der Waals surface area contributed by atoms with Crippen LogP contribution < -0.4 is 0 Å². The van der Waals surface area contributed by atoms with Gasteiger partial charge in [-0.05, 0) is 6.42 Å². The zero-order valence-electron chi connectivity index (χ0n) is 11.3. The van der Waals surface area contributed by atoms with Crippen LogP contribution in [0.2, 0.25) is 0 Å². The summed E-state index contributed by atoms with van der Waals surface area (Å²) in [6.45, 7) is 1.55. The maximum atomic E-state index is 11.7. The maximum absolute atomic E-state index is 11.7. The van der Waals surface area contributed by atoms with Crippen molar-refractivity contribution >= 4 is 15.0 Å². The molecule has 0 fully saturated rings. The summed E-state index contributed by atoms with van der Waals surface area (Å²) in [6, 6.07) is 0. The van der Waals surface area contributed by atoms with Gasteiger partial charge in [0.15, 0.2) is 11.1 Å². The molecule has 0 radical (unpaired) electrons. The molecule has 0 aromatic carbocycles. The molecule has 0 aromatic heterocycles. The molecule has 0 bridgehead atoms. The number of hydrogen-bond donors (Lipinski definition) is 3. The number of carbonyl (C=O) groups excluding carboxylic acids is 1. The minimum atomic E-state index is -1.91. The zero-order valence-corrected chi connectivity index (χ0v) is 12.4. The van der Waals surface area contributed by atoms with Gasteiger partial charge in [-0.1, -0.05) is 54.7 Å². The van der Waals surface area contributed by atoms with E-state index in [1.54, 1.807) is 0 Å². The Kier molecular flexibility index (Phi) is 9.84. The van der Waals surface area contributed by atoms with Crippen LogP contribution >= 0.6 is 9.24 Å². The first-order valence-corrected chi connectivity index (χ1v) is 7.38. The van der Waals surface area contributed by atoms with E-state index in [1.807, 2.05) is 9.24 Å². The van der Waals surface area contributed by atoms with Crippen molar-refractivity contribution in [3.63, 3.8) is 0 Å². The number of unbranched alkanes of at least 4 members (excludes halogenated alkanes) is 6. The molecule has 18 heavy (non-hydrogen) atoms. The summed E-state index contributed by atoms with van der Waals surface area (Å²) >= 11 is 0. The van der Waals surface area contributed by atoms with Gasteiger partial charge in [0, 0.05) is 6.42 Å². The van der Waals surface area contributed by atoms with E-state index >= 15 is 0 Å². The van der Waals surface area contributed by atoms with Crippen molar-refractivity contribution in [2.45, 2.75) is 69.7 Å². The number of Topliss-reactive ketones (excluding diaryl/α,β-unsaturated/α-hetero) is 1. The normalized spacial score (nSPS) is 16.3. The quantitative estimate of drug-likeness (QED) is 0.396. The fraction of sp³-hybridized carbons (Fsp3) is 0.923. The topological polar surface area (TPSA) is 77.8 Å². The Morgan fingerprint density at radius 2 is 1.67 bits per heavy atom. The number of aliphatic hydroxyl groups is 3. The van der Waals surface area contributed by atoms with Gasteiger partial charge in [0.05, 0.1) is 6.61 Å². The highest BCUT2D eigenvalue weighted by Gasteiger charge is 2.37. The second kappa shape index (κ2) is 9.85. The highest BCUT2D eigenvalue weighted by Crippen LogP contribution is 2.23. The van der Waals surface area contributed by atoms with Crippen LogP contribution in [0.25, 0.3) is 0 Å². The third-order valence-electron chi connectivity index (χ3n) is 3.14. The number of carbonyl (C=O) groups is 1. The molecular weight excluding hydrogens is 251 g/mol. The first kappa shape index (κ1) is 18.0. The second-order valence-electron chi connectivity index (χ2n) is 4.82. The van der Waals surface area contributed by atoms with Crippen LogP contribution in [0.5, 0.6) is 0 Å². The third kappa shape index (κ3) is 6.79. The summed E-state index contributed by atoms with van der Waals surface area (Å²) < 4.78 is 0. The Bertz CT molecular complexity index is 231. The molecular formula is C13H27O4P. The fourth-order valence-corrected chi connectivity index (χ4v) is 2.02. The van der Waals surface area contributed by atoms with Crippen LogP contribution in [0.3, 0.4) is 0 Å². The average Bonchev–Trinajstić information content (AvgIpc) is 2.36. The van der Waals surface area contributed by atoms with Gasteiger partial charge in [-0.25, -0.2) is 0 Å². The largest absolute Gasteiger partial charge is 0.394 e. The maximum Gasteiger partial charge on any atom is 0.170 e. The van der Waals surface area contributed by atoms with Crippen molar-refractivity contribution < 1.29 is 20.1 Å². The molecule has 0 aliphatic rings. The Balaban J connectivity index is 3.70. The van der Waals surface area contributed by atoms with Gasteiger partial charge in [0.25, 0.3) is 0 Å². The molecule has 0 aliphatic heterocycles. The Labute approximate surface area is 112 Å². The molecule has 108 valence electrons. The summed E-state index contributed by atoms with van der Waals surface area (Å²) in [5, 5.41) is 25.9. The van der Waals surface area contributed by atoms with E-state index < -0.39 is 23.8 Å². The van der Waals surface area contributed by atoms with Crippen molar-refractivity contribution in [2.24, 2.45) is 0 Å². The minimum Gasteiger partial charge on any atom is -0.394 e. The van der Waals surface area contributed by atoms with E-state index in [-0.39, 0.29) is 6.42 Å². The van der Waals surface area contributed by atoms with Gasteiger partial charge >= 0.3 is 0 Å². The highest BCUT2D eigenvalue weighted by molar-refractivity contribution is 7.20. The second-order valence-corrected chi connectivity index (χ2v) is 5.70. The number of hydrogen-bond acceptors (Lipinski definition) is 4. The average molecular weight is 278 g/mol. The highest BCUT2D eigenvalue weighted by atomic mass is 31.0. The number of ketones is 1. The molecule has 0 amide bonds. The van der Waals surface area contributed by atoms with Crippen molar-refractivity contribution in [1.29, 1.82) is 0 Å². The Morgan fingerprint density at radius 3 is 2.17 bits per heavy atom. The first-order valence-electron chi connectivity index (χ1n) is 6.80. The van der Waals surface area contributed by atoms with Crippen LogP contribution in [0.15, 0.2) is 0 Å². The van der Waals surface area contributed by atoms with Gasteiger partial charge in [-0.3, -0.25) is 4.79 Å². The van der Waals surface area contributed by atoms with E-state index in [0.29, 0.717) is 0 Å². The van der Waals surface area contributed by atoms with Crippen molar-refractivity contribution in [3.8, 4) is 0 Å². The van der Waals surface area contributed by atoms with Crippen molar-refractivity contribution in [1.82, 2.24) is 0 Å². The first-order chi connectivity index (χ1) is 8.46. The molecule has 0 saturated carbocycles. The summed E-state index contributed by atoms with van der Waals surface area (Å²) in [5.41, 5.74) is 0. The van der Waals surface area contributed by atoms with Gasteiger partial charge in [-0.2, -0.15) is 0 Å². The number of rotatable bonds is 11. The van der Waals surface area contributed by atoms with Crippen molar-refractivity contribution in [3.05, 3.63) is 0 Å². The van der Waals surface area contributed by atoms with Crippen LogP contribution in [0.4, 0.5) is 0 Å². The van der Waals surface area contributed by atoms with E-state index in [2.05, 4.69) is 6.92 Å². The molecule has 3 atom stereocenters. The lowest BCUT2D eigenvalue weighted by atomic mass is 10.0. The van der Waals surface area contributed by atoms with E-state index in [0.717, 1.165) is 19.3 Å². The van der Waals surface area contributed by atoms with Gasteiger partial charge in [0.2, 0.25) is 0 Å². The molecule has 3 N–H and O–H groups in total. The van der Waals surface area contributed by atoms with Crippen LogP contribution in [-0.2, 0) is 4.79 Å². The standard InChI is InChI=1S/C13H27O4P/c1-2-3-4-5-6-7-8-9-11(15)13(17,18)12(16)10-14/h12,14,16-17H,2-10,18H2,1H3. The van der Waals surface area contributed by atoms with Crippen molar-refractivity contribution in [2.75, 3.05) is 6.61 Å². The summed E-state index contributed by atoms with van der Waals surface area (Å²) in [5.74, 6) is -0.428. The fourth-order valence-electron chi connectivity index (χ4n) is 1.77. The molecule has 5 heteroatoms. The molecule has 0 saturated heterocycles. The van der Waals surface area contributed by atoms with E-state index in [9.17, 15) is 15.0 Å². The Morgan fingerprint density at radius 1 is 1.17 bits per heavy atom. The zero-order chi connectivity index (χ0) is 14.0. The smallest absolute Gasteiger partial charge is 0.170 e. The molecule has 4 nitrogen and oxygen atoms in total. The third-order valence-corrected chi connectivity index (χ3v) is 3.84. The molecule has 0 rings (SSSR count). The van der Waals surface area contributed by atoms with Gasteiger partial charge in [-0.15, -0.1) is 0 Å². The lowest BCUT2D eigenvalue weighted by Gasteiger charge is -2.25. The van der Waals surface area contributed by atoms with Crippen LogP contribution in [-0.4, -0.2) is 39.2 Å². The predicted octanol–water partition coefficient (Wildman–Crippen LogP) is 1.61. The molecule has 0 heterocycles. The van der Waals surface area contributed by atoms with E-state index in [4.69, 9.17) is 5.11 Å². The summed E-state index contributed by atoms with van der Waals surface area (Å²) in [6.07, 6.45) is 6.50. The van der Waals surface area contributed by atoms with Crippen LogP contribution in [0, 0.1) is 0 Å². The molecule has 3 unspecified atom stereocenters. The Hall–Kier alpha value is -0.0200. The summed E-state index contributed by atoms with van der Waals surface area (Å²) in [7, 11) is 1.93.